The maximum Gasteiger partial charge on any atom is 0.0669 e. The Hall–Kier alpha value is -0.120. The number of hydrogen-bond acceptors (Lipinski definition) is 3. The van der Waals surface area contributed by atoms with Gasteiger partial charge in [0.1, 0.15) is 0 Å². The van der Waals surface area contributed by atoms with Gasteiger partial charge in [-0.3, -0.25) is 0 Å². The lowest BCUT2D eigenvalue weighted by Gasteiger charge is -2.23. The Morgan fingerprint density at radius 3 is 2.71 bits per heavy atom. The summed E-state index contributed by atoms with van der Waals surface area (Å²) in [6.07, 6.45) is 1.67. The van der Waals surface area contributed by atoms with Gasteiger partial charge in [0.15, 0.2) is 0 Å². The first-order valence-corrected chi connectivity index (χ1v) is 5.46. The minimum atomic E-state index is -0.240. The zero-order valence-electron chi connectivity index (χ0n) is 9.55. The molecule has 0 radical (unpaired) electrons. The molecule has 14 heavy (non-hydrogen) atoms. The highest BCUT2D eigenvalue weighted by Gasteiger charge is 2.19. The quantitative estimate of drug-likeness (QED) is 0.717. The Morgan fingerprint density at radius 2 is 2.21 bits per heavy atom. The minimum Gasteiger partial charge on any atom is -0.392 e. The summed E-state index contributed by atoms with van der Waals surface area (Å²) >= 11 is 0. The molecule has 0 bridgehead atoms. The van der Waals surface area contributed by atoms with E-state index in [0.717, 1.165) is 26.1 Å². The number of aliphatic hydroxyl groups excluding tert-OH is 1. The Labute approximate surface area is 86.8 Å². The predicted octanol–water partition coefficient (Wildman–Crippen LogP) is 1.16. The molecule has 1 rings (SSSR count). The molecule has 0 amide bonds. The standard InChI is InChI=1S/C11H23NO2/c1-11(2,3)6-10(13)7-12-9-4-5-14-8-9/h9-10,12-13H,4-8H2,1-3H3. The Kier molecular flexibility index (Phi) is 4.35. The van der Waals surface area contributed by atoms with Gasteiger partial charge in [0, 0.05) is 19.2 Å². The molecule has 3 heteroatoms. The predicted molar refractivity (Wildman–Crippen MR) is 57.3 cm³/mol. The molecule has 2 atom stereocenters. The van der Waals surface area contributed by atoms with Crippen molar-refractivity contribution in [3.8, 4) is 0 Å². The molecule has 1 saturated heterocycles. The number of nitrogens with one attached hydrogen (secondary N) is 1. The molecule has 0 aromatic rings. The van der Waals surface area contributed by atoms with Crippen molar-refractivity contribution in [3.05, 3.63) is 0 Å². The highest BCUT2D eigenvalue weighted by atomic mass is 16.5. The molecule has 1 fully saturated rings. The van der Waals surface area contributed by atoms with Crippen LogP contribution >= 0.6 is 0 Å². The number of rotatable bonds is 4. The fourth-order valence-corrected chi connectivity index (χ4v) is 1.78. The first-order chi connectivity index (χ1) is 6.47. The van der Waals surface area contributed by atoms with Crippen molar-refractivity contribution in [2.24, 2.45) is 5.41 Å². The lowest BCUT2D eigenvalue weighted by Crippen LogP contribution is -2.37. The van der Waals surface area contributed by atoms with Gasteiger partial charge < -0.3 is 15.2 Å². The van der Waals surface area contributed by atoms with E-state index in [9.17, 15) is 5.11 Å². The van der Waals surface area contributed by atoms with Gasteiger partial charge >= 0.3 is 0 Å². The second-order valence-electron chi connectivity index (χ2n) is 5.39. The first kappa shape index (κ1) is 12.0. The molecule has 1 aliphatic heterocycles. The third-order valence-corrected chi connectivity index (χ3v) is 2.42. The molecular weight excluding hydrogens is 178 g/mol. The van der Waals surface area contributed by atoms with Crippen molar-refractivity contribution in [2.45, 2.75) is 45.8 Å². The van der Waals surface area contributed by atoms with Crippen LogP contribution in [0, 0.1) is 5.41 Å². The largest absolute Gasteiger partial charge is 0.392 e. The van der Waals surface area contributed by atoms with Gasteiger partial charge in [0.2, 0.25) is 0 Å². The summed E-state index contributed by atoms with van der Waals surface area (Å²) < 4.78 is 5.25. The molecular formula is C11H23NO2. The average Bonchev–Trinajstić information content (AvgIpc) is 2.49. The van der Waals surface area contributed by atoms with E-state index < -0.39 is 0 Å². The summed E-state index contributed by atoms with van der Waals surface area (Å²) in [7, 11) is 0. The third-order valence-electron chi connectivity index (χ3n) is 2.42. The van der Waals surface area contributed by atoms with Gasteiger partial charge in [0.25, 0.3) is 0 Å². The summed E-state index contributed by atoms with van der Waals surface area (Å²) in [4.78, 5) is 0. The van der Waals surface area contributed by atoms with Crippen LogP contribution in [0.4, 0.5) is 0 Å². The molecule has 2 unspecified atom stereocenters. The van der Waals surface area contributed by atoms with Gasteiger partial charge in [-0.25, -0.2) is 0 Å². The molecule has 0 aromatic heterocycles. The van der Waals surface area contributed by atoms with Crippen LogP contribution in [-0.4, -0.2) is 37.0 Å². The SMILES string of the molecule is CC(C)(C)CC(O)CNC1CCOC1. The van der Waals surface area contributed by atoms with Crippen molar-refractivity contribution in [2.75, 3.05) is 19.8 Å². The zero-order chi connectivity index (χ0) is 10.6. The van der Waals surface area contributed by atoms with Crippen molar-refractivity contribution in [1.29, 1.82) is 0 Å². The van der Waals surface area contributed by atoms with Crippen LogP contribution in [0.15, 0.2) is 0 Å². The summed E-state index contributed by atoms with van der Waals surface area (Å²) in [6.45, 7) is 8.78. The Bertz CT molecular complexity index is 159. The smallest absolute Gasteiger partial charge is 0.0669 e. The lowest BCUT2D eigenvalue weighted by molar-refractivity contribution is 0.114. The molecule has 0 aromatic carbocycles. The fraction of sp³-hybridized carbons (Fsp3) is 1.00. The van der Waals surface area contributed by atoms with Gasteiger partial charge in [-0.1, -0.05) is 20.8 Å². The van der Waals surface area contributed by atoms with Crippen LogP contribution in [0.1, 0.15) is 33.6 Å². The number of hydrogen-bond donors (Lipinski definition) is 2. The van der Waals surface area contributed by atoms with E-state index in [1.807, 2.05) is 0 Å². The van der Waals surface area contributed by atoms with Crippen LogP contribution in [0.2, 0.25) is 0 Å². The summed E-state index contributed by atoms with van der Waals surface area (Å²) in [5, 5.41) is 13.1. The van der Waals surface area contributed by atoms with Gasteiger partial charge in [0.05, 0.1) is 12.7 Å². The molecule has 84 valence electrons. The van der Waals surface area contributed by atoms with Crippen molar-refractivity contribution in [1.82, 2.24) is 5.32 Å². The molecule has 2 N–H and O–H groups in total. The van der Waals surface area contributed by atoms with E-state index in [1.165, 1.54) is 0 Å². The van der Waals surface area contributed by atoms with Gasteiger partial charge in [-0.05, 0) is 18.3 Å². The topological polar surface area (TPSA) is 41.5 Å². The first-order valence-electron chi connectivity index (χ1n) is 5.46. The van der Waals surface area contributed by atoms with Crippen LogP contribution in [0.25, 0.3) is 0 Å². The summed E-state index contributed by atoms with van der Waals surface area (Å²) in [6, 6.07) is 0.449. The number of aliphatic hydroxyl groups is 1. The molecule has 0 saturated carbocycles. The monoisotopic (exact) mass is 201 g/mol. The highest BCUT2D eigenvalue weighted by Crippen LogP contribution is 2.20. The second kappa shape index (κ2) is 5.10. The van der Waals surface area contributed by atoms with E-state index in [0.29, 0.717) is 12.6 Å². The lowest BCUT2D eigenvalue weighted by atomic mass is 9.89. The number of ether oxygens (including phenoxy) is 1. The maximum absolute atomic E-state index is 9.74. The fourth-order valence-electron chi connectivity index (χ4n) is 1.78. The second-order valence-corrected chi connectivity index (χ2v) is 5.39. The highest BCUT2D eigenvalue weighted by molar-refractivity contribution is 4.75. The van der Waals surface area contributed by atoms with Crippen molar-refractivity contribution in [3.63, 3.8) is 0 Å². The van der Waals surface area contributed by atoms with Crippen LogP contribution < -0.4 is 5.32 Å². The third kappa shape index (κ3) is 4.94. The van der Waals surface area contributed by atoms with Crippen LogP contribution in [-0.2, 0) is 4.74 Å². The summed E-state index contributed by atoms with van der Waals surface area (Å²) in [5.41, 5.74) is 0.202. The van der Waals surface area contributed by atoms with Gasteiger partial charge in [-0.15, -0.1) is 0 Å². The zero-order valence-corrected chi connectivity index (χ0v) is 9.55. The van der Waals surface area contributed by atoms with Crippen LogP contribution in [0.3, 0.4) is 0 Å². The Balaban J connectivity index is 2.11. The normalized spacial score (nSPS) is 25.3. The van der Waals surface area contributed by atoms with E-state index >= 15 is 0 Å². The molecule has 0 aliphatic carbocycles. The van der Waals surface area contributed by atoms with Crippen LogP contribution in [0.5, 0.6) is 0 Å². The minimum absolute atomic E-state index is 0.202. The van der Waals surface area contributed by atoms with Crippen molar-refractivity contribution < 1.29 is 9.84 Å². The average molecular weight is 201 g/mol. The van der Waals surface area contributed by atoms with E-state index in [2.05, 4.69) is 26.1 Å². The van der Waals surface area contributed by atoms with Gasteiger partial charge in [-0.2, -0.15) is 0 Å². The molecule has 1 heterocycles. The van der Waals surface area contributed by atoms with E-state index in [1.54, 1.807) is 0 Å². The Morgan fingerprint density at radius 1 is 1.50 bits per heavy atom. The maximum atomic E-state index is 9.74. The molecule has 1 aliphatic rings. The van der Waals surface area contributed by atoms with E-state index in [-0.39, 0.29) is 11.5 Å². The van der Waals surface area contributed by atoms with Crippen molar-refractivity contribution >= 4 is 0 Å². The molecule has 3 nitrogen and oxygen atoms in total. The van der Waals surface area contributed by atoms with E-state index in [4.69, 9.17) is 4.74 Å². The molecule has 0 spiro atoms. The summed E-state index contributed by atoms with van der Waals surface area (Å²) in [5.74, 6) is 0.